The molecule has 3 unspecified atom stereocenters. The Bertz CT molecular complexity index is 201. The van der Waals surface area contributed by atoms with Crippen LogP contribution in [0.2, 0.25) is 0 Å². The number of rotatable bonds is 10. The molecule has 0 saturated heterocycles. The van der Waals surface area contributed by atoms with Crippen LogP contribution in [0.5, 0.6) is 0 Å². The van der Waals surface area contributed by atoms with E-state index in [0.29, 0.717) is 32.5 Å². The van der Waals surface area contributed by atoms with Gasteiger partial charge in [-0.2, -0.15) is 0 Å². The van der Waals surface area contributed by atoms with E-state index in [0.717, 1.165) is 25.0 Å². The first kappa shape index (κ1) is 15.9. The van der Waals surface area contributed by atoms with Gasteiger partial charge in [-0.1, -0.05) is 13.8 Å². The van der Waals surface area contributed by atoms with E-state index < -0.39 is 0 Å². The Morgan fingerprint density at radius 2 is 1.61 bits per heavy atom. The van der Waals surface area contributed by atoms with Gasteiger partial charge in [0, 0.05) is 19.7 Å². The van der Waals surface area contributed by atoms with E-state index in [4.69, 9.17) is 14.2 Å². The van der Waals surface area contributed by atoms with E-state index in [1.807, 2.05) is 0 Å². The van der Waals surface area contributed by atoms with Crippen LogP contribution in [0.15, 0.2) is 0 Å². The molecule has 3 atom stereocenters. The van der Waals surface area contributed by atoms with Gasteiger partial charge in [0.1, 0.15) is 0 Å². The van der Waals surface area contributed by atoms with Crippen molar-refractivity contribution in [3.8, 4) is 0 Å². The fourth-order valence-corrected chi connectivity index (χ4v) is 2.43. The van der Waals surface area contributed by atoms with Crippen molar-refractivity contribution in [3.63, 3.8) is 0 Å². The molecular weight excluding hydrogens is 230 g/mol. The summed E-state index contributed by atoms with van der Waals surface area (Å²) in [6.45, 7) is 9.03. The van der Waals surface area contributed by atoms with Gasteiger partial charge < -0.3 is 19.5 Å². The molecule has 0 aliphatic heterocycles. The number of nitrogens with one attached hydrogen (secondary N) is 1. The molecule has 0 aromatic rings. The van der Waals surface area contributed by atoms with Crippen LogP contribution in [0.3, 0.4) is 0 Å². The van der Waals surface area contributed by atoms with Gasteiger partial charge in [0.2, 0.25) is 0 Å². The van der Waals surface area contributed by atoms with Gasteiger partial charge in [0.15, 0.2) is 0 Å². The fraction of sp³-hybridized carbons (Fsp3) is 1.00. The zero-order valence-electron chi connectivity index (χ0n) is 12.1. The molecule has 1 N–H and O–H groups in total. The Morgan fingerprint density at radius 3 is 2.22 bits per heavy atom. The van der Waals surface area contributed by atoms with E-state index in [1.54, 1.807) is 7.11 Å². The van der Waals surface area contributed by atoms with Crippen LogP contribution in [0, 0.1) is 11.8 Å². The summed E-state index contributed by atoms with van der Waals surface area (Å²) >= 11 is 0. The summed E-state index contributed by atoms with van der Waals surface area (Å²) in [5.41, 5.74) is 0. The van der Waals surface area contributed by atoms with E-state index in [9.17, 15) is 0 Å². The minimum absolute atomic E-state index is 0.648. The highest BCUT2D eigenvalue weighted by atomic mass is 16.5. The Hall–Kier alpha value is -0.160. The van der Waals surface area contributed by atoms with E-state index in [-0.39, 0.29) is 0 Å². The maximum atomic E-state index is 5.51. The molecule has 1 saturated carbocycles. The zero-order chi connectivity index (χ0) is 13.2. The summed E-state index contributed by atoms with van der Waals surface area (Å²) in [5.74, 6) is 1.65. The summed E-state index contributed by atoms with van der Waals surface area (Å²) in [6.07, 6.45) is 2.66. The summed E-state index contributed by atoms with van der Waals surface area (Å²) < 4.78 is 15.7. The molecule has 18 heavy (non-hydrogen) atoms. The normalized spacial score (nSPS) is 27.8. The lowest BCUT2D eigenvalue weighted by Crippen LogP contribution is -2.34. The molecule has 0 radical (unpaired) electrons. The predicted molar refractivity (Wildman–Crippen MR) is 72.9 cm³/mol. The summed E-state index contributed by atoms with van der Waals surface area (Å²) in [5, 5.41) is 3.59. The maximum absolute atomic E-state index is 5.51. The molecule has 1 aliphatic rings. The average molecular weight is 259 g/mol. The van der Waals surface area contributed by atoms with Crippen LogP contribution in [0.4, 0.5) is 0 Å². The highest BCUT2D eigenvalue weighted by Crippen LogP contribution is 2.30. The lowest BCUT2D eigenvalue weighted by molar-refractivity contribution is 0.0250. The standard InChI is InChI=1S/C14H29NO3/c1-12-4-5-14(13(12)2)15-6-7-17-10-11-18-9-8-16-3/h12-15H,4-11H2,1-3H3. The number of hydrogen-bond acceptors (Lipinski definition) is 4. The third-order valence-electron chi connectivity index (χ3n) is 3.92. The van der Waals surface area contributed by atoms with Crippen molar-refractivity contribution in [2.45, 2.75) is 32.7 Å². The summed E-state index contributed by atoms with van der Waals surface area (Å²) in [7, 11) is 1.68. The zero-order valence-corrected chi connectivity index (χ0v) is 12.1. The van der Waals surface area contributed by atoms with Crippen molar-refractivity contribution in [1.82, 2.24) is 5.32 Å². The lowest BCUT2D eigenvalue weighted by atomic mass is 9.98. The van der Waals surface area contributed by atoms with Crippen molar-refractivity contribution < 1.29 is 14.2 Å². The van der Waals surface area contributed by atoms with Gasteiger partial charge in [-0.05, 0) is 24.7 Å². The fourth-order valence-electron chi connectivity index (χ4n) is 2.43. The van der Waals surface area contributed by atoms with Crippen molar-refractivity contribution in [3.05, 3.63) is 0 Å². The summed E-state index contributed by atoms with van der Waals surface area (Å²) in [6, 6.07) is 0.682. The quantitative estimate of drug-likeness (QED) is 0.606. The topological polar surface area (TPSA) is 39.7 Å². The molecule has 0 aromatic heterocycles. The van der Waals surface area contributed by atoms with Gasteiger partial charge in [0.25, 0.3) is 0 Å². The molecule has 0 spiro atoms. The molecule has 1 aliphatic carbocycles. The number of hydrogen-bond donors (Lipinski definition) is 1. The third-order valence-corrected chi connectivity index (χ3v) is 3.92. The minimum atomic E-state index is 0.648. The molecule has 108 valence electrons. The maximum Gasteiger partial charge on any atom is 0.0701 e. The van der Waals surface area contributed by atoms with Crippen LogP contribution >= 0.6 is 0 Å². The molecule has 0 amide bonds. The highest BCUT2D eigenvalue weighted by molar-refractivity contribution is 4.84. The van der Waals surface area contributed by atoms with E-state index >= 15 is 0 Å². The predicted octanol–water partition coefficient (Wildman–Crippen LogP) is 1.69. The first-order chi connectivity index (χ1) is 8.75. The molecule has 1 rings (SSSR count). The van der Waals surface area contributed by atoms with E-state index in [1.165, 1.54) is 12.8 Å². The molecule has 4 nitrogen and oxygen atoms in total. The monoisotopic (exact) mass is 259 g/mol. The average Bonchev–Trinajstić information content (AvgIpc) is 2.68. The Balaban J connectivity index is 1.84. The van der Waals surface area contributed by atoms with Crippen molar-refractivity contribution >= 4 is 0 Å². The SMILES string of the molecule is COCCOCCOCCNC1CCC(C)C1C. The van der Waals surface area contributed by atoms with E-state index in [2.05, 4.69) is 19.2 Å². The van der Waals surface area contributed by atoms with Crippen LogP contribution < -0.4 is 5.32 Å². The Labute approximate surface area is 111 Å². The number of ether oxygens (including phenoxy) is 3. The van der Waals surface area contributed by atoms with Crippen LogP contribution in [-0.2, 0) is 14.2 Å². The van der Waals surface area contributed by atoms with Crippen molar-refractivity contribution in [1.29, 1.82) is 0 Å². The van der Waals surface area contributed by atoms with Crippen LogP contribution in [0.1, 0.15) is 26.7 Å². The highest BCUT2D eigenvalue weighted by Gasteiger charge is 2.28. The van der Waals surface area contributed by atoms with Crippen molar-refractivity contribution in [2.24, 2.45) is 11.8 Å². The first-order valence-corrected chi connectivity index (χ1v) is 7.13. The largest absolute Gasteiger partial charge is 0.382 e. The molecule has 0 aromatic carbocycles. The molecule has 4 heteroatoms. The first-order valence-electron chi connectivity index (χ1n) is 7.13. The van der Waals surface area contributed by atoms with Gasteiger partial charge >= 0.3 is 0 Å². The van der Waals surface area contributed by atoms with Gasteiger partial charge in [-0.3, -0.25) is 0 Å². The third kappa shape index (κ3) is 6.14. The lowest BCUT2D eigenvalue weighted by Gasteiger charge is -2.19. The number of methoxy groups -OCH3 is 1. The van der Waals surface area contributed by atoms with Gasteiger partial charge in [-0.15, -0.1) is 0 Å². The smallest absolute Gasteiger partial charge is 0.0701 e. The van der Waals surface area contributed by atoms with Crippen LogP contribution in [0.25, 0.3) is 0 Å². The minimum Gasteiger partial charge on any atom is -0.382 e. The Kier molecular flexibility index (Phi) is 8.59. The second kappa shape index (κ2) is 9.73. The molecule has 1 fully saturated rings. The van der Waals surface area contributed by atoms with Crippen LogP contribution in [-0.4, -0.2) is 52.7 Å². The van der Waals surface area contributed by atoms with Crippen molar-refractivity contribution in [2.75, 3.05) is 46.7 Å². The molecular formula is C14H29NO3. The molecule has 0 bridgehead atoms. The second-order valence-corrected chi connectivity index (χ2v) is 5.19. The Morgan fingerprint density at radius 1 is 0.944 bits per heavy atom. The van der Waals surface area contributed by atoms with Gasteiger partial charge in [0.05, 0.1) is 33.0 Å². The second-order valence-electron chi connectivity index (χ2n) is 5.19. The molecule has 0 heterocycles. The summed E-state index contributed by atoms with van der Waals surface area (Å²) in [4.78, 5) is 0. The van der Waals surface area contributed by atoms with Gasteiger partial charge in [-0.25, -0.2) is 0 Å².